The summed E-state index contributed by atoms with van der Waals surface area (Å²) in [7, 11) is 0. The van der Waals surface area contributed by atoms with Gasteiger partial charge in [-0.15, -0.1) is 11.3 Å². The van der Waals surface area contributed by atoms with Gasteiger partial charge in [0, 0.05) is 41.6 Å². The third-order valence-corrected chi connectivity index (χ3v) is 7.02. The lowest BCUT2D eigenvalue weighted by Gasteiger charge is -2.37. The molecule has 2 amide bonds. The molecule has 1 atom stereocenters. The number of aromatic nitrogens is 1. The van der Waals surface area contributed by atoms with Crippen molar-refractivity contribution >= 4 is 34.8 Å². The van der Waals surface area contributed by atoms with Crippen LogP contribution in [-0.2, 0) is 4.79 Å². The van der Waals surface area contributed by atoms with Gasteiger partial charge in [-0.25, -0.2) is 4.98 Å². The molecule has 0 N–H and O–H groups in total. The smallest absolute Gasteiger partial charge is 0.273 e. The van der Waals surface area contributed by atoms with Gasteiger partial charge in [-0.1, -0.05) is 35.9 Å². The molecule has 2 aromatic carbocycles. The van der Waals surface area contributed by atoms with Gasteiger partial charge in [0.25, 0.3) is 11.8 Å². The summed E-state index contributed by atoms with van der Waals surface area (Å²) in [5, 5.41) is 1.45. The number of carbonyl (C=O) groups is 2. The molecule has 1 fully saturated rings. The van der Waals surface area contributed by atoms with Crippen LogP contribution in [0, 0.1) is 6.92 Å². The zero-order valence-electron chi connectivity index (χ0n) is 18.0. The first-order valence-electron chi connectivity index (χ1n) is 10.7. The molecule has 7 nitrogen and oxygen atoms in total. The lowest BCUT2D eigenvalue weighted by molar-refractivity contribution is -0.142. The van der Waals surface area contributed by atoms with Crippen LogP contribution in [0.25, 0.3) is 10.6 Å². The van der Waals surface area contributed by atoms with E-state index in [0.29, 0.717) is 48.4 Å². The van der Waals surface area contributed by atoms with Gasteiger partial charge < -0.3 is 19.3 Å². The number of nitrogens with zero attached hydrogens (tertiary/aromatic N) is 3. The minimum Gasteiger partial charge on any atom is -0.485 e. The van der Waals surface area contributed by atoms with Crippen LogP contribution < -0.4 is 9.47 Å². The molecule has 3 heterocycles. The van der Waals surface area contributed by atoms with Gasteiger partial charge in [-0.2, -0.15) is 0 Å². The number of hydrogen-bond donors (Lipinski definition) is 0. The van der Waals surface area contributed by atoms with Crippen molar-refractivity contribution in [2.75, 3.05) is 32.8 Å². The number of para-hydroxylation sites is 2. The molecule has 2 aliphatic heterocycles. The summed E-state index contributed by atoms with van der Waals surface area (Å²) < 4.78 is 11.5. The van der Waals surface area contributed by atoms with E-state index >= 15 is 0 Å². The molecule has 0 bridgehead atoms. The van der Waals surface area contributed by atoms with E-state index in [-0.39, 0.29) is 18.4 Å². The fraction of sp³-hybridized carbons (Fsp3) is 0.292. The van der Waals surface area contributed by atoms with Crippen LogP contribution in [-0.4, -0.2) is 65.5 Å². The van der Waals surface area contributed by atoms with Crippen molar-refractivity contribution in [1.82, 2.24) is 14.8 Å². The Hall–Kier alpha value is -3.10. The number of fused-ring (bicyclic) bond motifs is 1. The maximum Gasteiger partial charge on any atom is 0.273 e. The fourth-order valence-electron chi connectivity index (χ4n) is 3.94. The lowest BCUT2D eigenvalue weighted by Crippen LogP contribution is -2.55. The topological polar surface area (TPSA) is 72.0 Å². The first kappa shape index (κ1) is 21.7. The normalized spacial score (nSPS) is 17.7. The van der Waals surface area contributed by atoms with Crippen molar-refractivity contribution in [3.05, 3.63) is 64.1 Å². The van der Waals surface area contributed by atoms with Crippen LogP contribution in [0.15, 0.2) is 48.5 Å². The van der Waals surface area contributed by atoms with E-state index < -0.39 is 6.10 Å². The Balaban J connectivity index is 1.21. The van der Waals surface area contributed by atoms with E-state index in [1.165, 1.54) is 11.3 Å². The molecule has 0 saturated carbocycles. The van der Waals surface area contributed by atoms with Crippen LogP contribution in [0.3, 0.4) is 0 Å². The minimum absolute atomic E-state index is 0.109. The number of amides is 2. The number of carbonyl (C=O) groups excluding carboxylic acids is 2. The second-order valence-corrected chi connectivity index (χ2v) is 9.55. The summed E-state index contributed by atoms with van der Waals surface area (Å²) in [6.07, 6.45) is -0.676. The van der Waals surface area contributed by atoms with Crippen molar-refractivity contribution < 1.29 is 19.1 Å². The third kappa shape index (κ3) is 4.41. The molecule has 1 saturated heterocycles. The Bertz CT molecular complexity index is 1190. The maximum absolute atomic E-state index is 13.1. The SMILES string of the molecule is Cc1sc(-c2ccc(Cl)cc2)nc1C(=O)N1CCN(C(=O)[C@@H]2COc3ccccc3O2)CC1. The van der Waals surface area contributed by atoms with E-state index in [0.717, 1.165) is 15.4 Å². The molecule has 5 rings (SSSR count). The van der Waals surface area contributed by atoms with Crippen LogP contribution in [0.1, 0.15) is 15.4 Å². The van der Waals surface area contributed by atoms with Crippen molar-refractivity contribution in [1.29, 1.82) is 0 Å². The Kier molecular flexibility index (Phi) is 5.95. The lowest BCUT2D eigenvalue weighted by atomic mass is 10.2. The van der Waals surface area contributed by atoms with E-state index in [9.17, 15) is 9.59 Å². The van der Waals surface area contributed by atoms with Gasteiger partial charge in [0.2, 0.25) is 6.10 Å². The number of halogens is 1. The molecule has 2 aliphatic rings. The summed E-state index contributed by atoms with van der Waals surface area (Å²) in [5.74, 6) is 0.994. The highest BCUT2D eigenvalue weighted by Gasteiger charge is 2.34. The van der Waals surface area contributed by atoms with Gasteiger partial charge in [0.15, 0.2) is 11.5 Å². The second kappa shape index (κ2) is 9.03. The number of hydrogen-bond acceptors (Lipinski definition) is 6. The van der Waals surface area contributed by atoms with Crippen LogP contribution in [0.5, 0.6) is 11.5 Å². The zero-order chi connectivity index (χ0) is 22.9. The first-order chi connectivity index (χ1) is 16.0. The largest absolute Gasteiger partial charge is 0.485 e. The standard InChI is InChI=1S/C24H22ClN3O4S/c1-15-21(26-22(33-15)16-6-8-17(25)9-7-16)24(30)28-12-10-27(11-13-28)23(29)20-14-31-18-4-2-3-5-19(18)32-20/h2-9,20H,10-14H2,1H3/t20-/m0/s1. The molecule has 170 valence electrons. The maximum atomic E-state index is 13.1. The predicted octanol–water partition coefficient (Wildman–Crippen LogP) is 3.90. The Morgan fingerprint density at radius 1 is 1.00 bits per heavy atom. The quantitative estimate of drug-likeness (QED) is 0.565. The molecule has 3 aromatic rings. The van der Waals surface area contributed by atoms with Gasteiger partial charge in [0.05, 0.1) is 0 Å². The molecular formula is C24H22ClN3O4S. The first-order valence-corrected chi connectivity index (χ1v) is 11.9. The highest BCUT2D eigenvalue weighted by Crippen LogP contribution is 2.32. The molecule has 1 aromatic heterocycles. The zero-order valence-corrected chi connectivity index (χ0v) is 19.6. The van der Waals surface area contributed by atoms with Crippen molar-refractivity contribution in [3.63, 3.8) is 0 Å². The number of aryl methyl sites for hydroxylation is 1. The van der Waals surface area contributed by atoms with E-state index in [2.05, 4.69) is 4.98 Å². The van der Waals surface area contributed by atoms with Crippen LogP contribution in [0.2, 0.25) is 5.02 Å². The Morgan fingerprint density at radius 2 is 1.67 bits per heavy atom. The highest BCUT2D eigenvalue weighted by atomic mass is 35.5. The second-order valence-electron chi connectivity index (χ2n) is 7.91. The van der Waals surface area contributed by atoms with Gasteiger partial charge in [-0.3, -0.25) is 9.59 Å². The summed E-state index contributed by atoms with van der Waals surface area (Å²) in [5.41, 5.74) is 1.39. The van der Waals surface area contributed by atoms with Gasteiger partial charge >= 0.3 is 0 Å². The molecule has 0 spiro atoms. The van der Waals surface area contributed by atoms with Crippen LogP contribution in [0.4, 0.5) is 0 Å². The molecule has 0 unspecified atom stereocenters. The Morgan fingerprint density at radius 3 is 2.39 bits per heavy atom. The van der Waals surface area contributed by atoms with Crippen molar-refractivity contribution in [2.24, 2.45) is 0 Å². The molecule has 33 heavy (non-hydrogen) atoms. The van der Waals surface area contributed by atoms with Crippen molar-refractivity contribution in [3.8, 4) is 22.1 Å². The van der Waals surface area contributed by atoms with Gasteiger partial charge in [-0.05, 0) is 31.2 Å². The third-order valence-electron chi connectivity index (χ3n) is 5.75. The average Bonchev–Trinajstić information content (AvgIpc) is 3.24. The predicted molar refractivity (Wildman–Crippen MR) is 126 cm³/mol. The summed E-state index contributed by atoms with van der Waals surface area (Å²) in [6, 6.07) is 14.7. The minimum atomic E-state index is -0.676. The van der Waals surface area contributed by atoms with Crippen molar-refractivity contribution in [2.45, 2.75) is 13.0 Å². The summed E-state index contributed by atoms with van der Waals surface area (Å²) in [6.45, 7) is 3.87. The number of ether oxygens (including phenoxy) is 2. The highest BCUT2D eigenvalue weighted by molar-refractivity contribution is 7.15. The van der Waals surface area contributed by atoms with E-state index in [1.54, 1.807) is 15.9 Å². The molecule has 0 radical (unpaired) electrons. The number of thiazole rings is 1. The van der Waals surface area contributed by atoms with Gasteiger partial charge in [0.1, 0.15) is 17.3 Å². The molecular weight excluding hydrogens is 462 g/mol. The Labute approximate surface area is 200 Å². The number of rotatable bonds is 3. The number of piperazine rings is 1. The number of benzene rings is 2. The monoisotopic (exact) mass is 483 g/mol. The fourth-order valence-corrected chi connectivity index (χ4v) is 4.97. The van der Waals surface area contributed by atoms with E-state index in [1.807, 2.05) is 49.4 Å². The summed E-state index contributed by atoms with van der Waals surface area (Å²) >= 11 is 7.46. The molecule has 9 heteroatoms. The van der Waals surface area contributed by atoms with E-state index in [4.69, 9.17) is 21.1 Å². The van der Waals surface area contributed by atoms with Crippen LogP contribution >= 0.6 is 22.9 Å². The molecule has 0 aliphatic carbocycles. The summed E-state index contributed by atoms with van der Waals surface area (Å²) in [4.78, 5) is 35.0. The average molecular weight is 484 g/mol.